The van der Waals surface area contributed by atoms with Crippen LogP contribution in [0.15, 0.2) is 48.5 Å². The number of carbonyl (C=O) groups is 3. The number of carbonyl (C=O) groups excluding carboxylic acids is 3. The molecule has 1 saturated heterocycles. The van der Waals surface area contributed by atoms with Crippen molar-refractivity contribution in [3.63, 3.8) is 0 Å². The zero-order valence-corrected chi connectivity index (χ0v) is 17.9. The molecule has 28 heavy (non-hydrogen) atoms. The average Bonchev–Trinajstić information content (AvgIpc) is 3.06. The fourth-order valence-corrected chi connectivity index (χ4v) is 3.45. The molecule has 7 heteroatoms. The van der Waals surface area contributed by atoms with E-state index in [1.165, 1.54) is 0 Å². The molecule has 2 aromatic carbocycles. The molecule has 146 valence electrons. The standard InChI is InChI=1S/C21H22IN3O3/c1-13(2)25-12-15(11-19(25)26)21(28)24-17-7-3-14(4-8-17)20(27)23-18-9-5-16(22)6-10-18/h3-10,13,15H,11-12H2,1-2H3,(H,23,27)(H,24,28). The van der Waals surface area contributed by atoms with Crippen LogP contribution in [-0.4, -0.2) is 35.2 Å². The van der Waals surface area contributed by atoms with E-state index in [1.54, 1.807) is 29.2 Å². The Hall–Kier alpha value is -2.42. The van der Waals surface area contributed by atoms with Crippen LogP contribution in [0.25, 0.3) is 0 Å². The van der Waals surface area contributed by atoms with Crippen molar-refractivity contribution in [2.75, 3.05) is 17.2 Å². The molecular weight excluding hydrogens is 469 g/mol. The molecule has 0 radical (unpaired) electrons. The topological polar surface area (TPSA) is 78.5 Å². The largest absolute Gasteiger partial charge is 0.339 e. The predicted molar refractivity (Wildman–Crippen MR) is 117 cm³/mol. The van der Waals surface area contributed by atoms with E-state index in [0.717, 1.165) is 9.26 Å². The van der Waals surface area contributed by atoms with Gasteiger partial charge in [-0.25, -0.2) is 0 Å². The van der Waals surface area contributed by atoms with Crippen molar-refractivity contribution in [1.82, 2.24) is 4.90 Å². The second-order valence-corrected chi connectivity index (χ2v) is 8.31. The fraction of sp³-hybridized carbons (Fsp3) is 0.286. The maximum atomic E-state index is 12.4. The summed E-state index contributed by atoms with van der Waals surface area (Å²) in [6.07, 6.45) is 0.237. The van der Waals surface area contributed by atoms with Crippen molar-refractivity contribution < 1.29 is 14.4 Å². The Morgan fingerprint density at radius 1 is 1.00 bits per heavy atom. The molecule has 1 aliphatic rings. The summed E-state index contributed by atoms with van der Waals surface area (Å²) in [5, 5.41) is 5.67. The first-order chi connectivity index (χ1) is 13.3. The van der Waals surface area contributed by atoms with Gasteiger partial charge in [0.1, 0.15) is 0 Å². The van der Waals surface area contributed by atoms with Crippen molar-refractivity contribution in [2.24, 2.45) is 5.92 Å². The summed E-state index contributed by atoms with van der Waals surface area (Å²) in [7, 11) is 0. The molecular formula is C21H22IN3O3. The number of likely N-dealkylation sites (tertiary alicyclic amines) is 1. The number of amides is 3. The number of nitrogens with zero attached hydrogens (tertiary/aromatic N) is 1. The minimum absolute atomic E-state index is 0.0118. The van der Waals surface area contributed by atoms with Crippen molar-refractivity contribution in [2.45, 2.75) is 26.3 Å². The minimum Gasteiger partial charge on any atom is -0.339 e. The van der Waals surface area contributed by atoms with Gasteiger partial charge in [0, 0.05) is 39.5 Å². The molecule has 1 heterocycles. The summed E-state index contributed by atoms with van der Waals surface area (Å²) in [5.74, 6) is -0.725. The number of halogens is 1. The minimum atomic E-state index is -0.348. The Morgan fingerprint density at radius 2 is 1.57 bits per heavy atom. The van der Waals surface area contributed by atoms with Gasteiger partial charge < -0.3 is 15.5 Å². The normalized spacial score (nSPS) is 16.4. The molecule has 0 bridgehead atoms. The van der Waals surface area contributed by atoms with Crippen LogP contribution in [0.3, 0.4) is 0 Å². The zero-order chi connectivity index (χ0) is 20.3. The third-order valence-electron chi connectivity index (χ3n) is 4.67. The van der Waals surface area contributed by atoms with E-state index in [-0.39, 0.29) is 36.1 Å². The second-order valence-electron chi connectivity index (χ2n) is 7.07. The lowest BCUT2D eigenvalue weighted by molar-refractivity contribution is -0.129. The molecule has 1 aliphatic heterocycles. The Bertz CT molecular complexity index is 879. The van der Waals surface area contributed by atoms with E-state index >= 15 is 0 Å². The molecule has 1 fully saturated rings. The lowest BCUT2D eigenvalue weighted by Crippen LogP contribution is -2.33. The Kier molecular flexibility index (Phi) is 6.33. The van der Waals surface area contributed by atoms with Crippen LogP contribution in [0, 0.1) is 9.49 Å². The summed E-state index contributed by atoms with van der Waals surface area (Å²) in [6.45, 7) is 4.33. The van der Waals surface area contributed by atoms with Gasteiger partial charge in [0.25, 0.3) is 5.91 Å². The van der Waals surface area contributed by atoms with Gasteiger partial charge in [-0.05, 0) is 85.0 Å². The van der Waals surface area contributed by atoms with E-state index in [4.69, 9.17) is 0 Å². The van der Waals surface area contributed by atoms with E-state index in [0.29, 0.717) is 17.8 Å². The van der Waals surface area contributed by atoms with Gasteiger partial charge in [0.15, 0.2) is 0 Å². The molecule has 0 aliphatic carbocycles. The molecule has 0 spiro atoms. The van der Waals surface area contributed by atoms with E-state index in [1.807, 2.05) is 38.1 Å². The zero-order valence-electron chi connectivity index (χ0n) is 15.7. The Morgan fingerprint density at radius 3 is 2.14 bits per heavy atom. The number of benzene rings is 2. The predicted octanol–water partition coefficient (Wildman–Crippen LogP) is 3.74. The fourth-order valence-electron chi connectivity index (χ4n) is 3.09. The van der Waals surface area contributed by atoms with Gasteiger partial charge in [-0.15, -0.1) is 0 Å². The third kappa shape index (κ3) is 4.89. The van der Waals surface area contributed by atoms with E-state index in [2.05, 4.69) is 33.2 Å². The van der Waals surface area contributed by atoms with Crippen molar-refractivity contribution >= 4 is 51.7 Å². The van der Waals surface area contributed by atoms with Crippen LogP contribution >= 0.6 is 22.6 Å². The van der Waals surface area contributed by atoms with E-state index < -0.39 is 0 Å². The van der Waals surface area contributed by atoms with Crippen LogP contribution in [0.5, 0.6) is 0 Å². The van der Waals surface area contributed by atoms with E-state index in [9.17, 15) is 14.4 Å². The van der Waals surface area contributed by atoms with Gasteiger partial charge in [-0.3, -0.25) is 14.4 Å². The summed E-state index contributed by atoms with van der Waals surface area (Å²) in [6, 6.07) is 14.3. The molecule has 2 N–H and O–H groups in total. The monoisotopic (exact) mass is 491 g/mol. The lowest BCUT2D eigenvalue weighted by atomic mass is 10.1. The maximum absolute atomic E-state index is 12.4. The highest BCUT2D eigenvalue weighted by molar-refractivity contribution is 14.1. The number of anilines is 2. The molecule has 2 aromatic rings. The van der Waals surface area contributed by atoms with Crippen molar-refractivity contribution in [1.29, 1.82) is 0 Å². The van der Waals surface area contributed by atoms with Crippen molar-refractivity contribution in [3.05, 3.63) is 57.7 Å². The smallest absolute Gasteiger partial charge is 0.255 e. The van der Waals surface area contributed by atoms with Crippen LogP contribution in [0.2, 0.25) is 0 Å². The highest BCUT2D eigenvalue weighted by Crippen LogP contribution is 2.22. The number of nitrogens with one attached hydrogen (secondary N) is 2. The molecule has 1 atom stereocenters. The van der Waals surface area contributed by atoms with Crippen LogP contribution < -0.4 is 10.6 Å². The van der Waals surface area contributed by atoms with Gasteiger partial charge in [0.05, 0.1) is 5.92 Å². The molecule has 0 aromatic heterocycles. The summed E-state index contributed by atoms with van der Waals surface area (Å²) < 4.78 is 1.09. The lowest BCUT2D eigenvalue weighted by Gasteiger charge is -2.20. The SMILES string of the molecule is CC(C)N1CC(C(=O)Nc2ccc(C(=O)Nc3ccc(I)cc3)cc2)CC1=O. The van der Waals surface area contributed by atoms with Gasteiger partial charge >= 0.3 is 0 Å². The quantitative estimate of drug-likeness (QED) is 0.626. The van der Waals surface area contributed by atoms with Gasteiger partial charge in [-0.1, -0.05) is 0 Å². The summed E-state index contributed by atoms with van der Waals surface area (Å²) in [4.78, 5) is 38.5. The highest BCUT2D eigenvalue weighted by Gasteiger charge is 2.35. The van der Waals surface area contributed by atoms with Crippen LogP contribution in [0.4, 0.5) is 11.4 Å². The molecule has 0 saturated carbocycles. The van der Waals surface area contributed by atoms with Gasteiger partial charge in [0.2, 0.25) is 11.8 Å². The number of hydrogen-bond acceptors (Lipinski definition) is 3. The van der Waals surface area contributed by atoms with Gasteiger partial charge in [-0.2, -0.15) is 0 Å². The first-order valence-corrected chi connectivity index (χ1v) is 10.2. The molecule has 3 rings (SSSR count). The molecule has 1 unspecified atom stereocenters. The van der Waals surface area contributed by atoms with Crippen LogP contribution in [0.1, 0.15) is 30.6 Å². The van der Waals surface area contributed by atoms with Crippen LogP contribution in [-0.2, 0) is 9.59 Å². The third-order valence-corrected chi connectivity index (χ3v) is 5.39. The summed E-state index contributed by atoms with van der Waals surface area (Å²) >= 11 is 2.21. The summed E-state index contributed by atoms with van der Waals surface area (Å²) in [5.41, 5.74) is 1.83. The molecule has 6 nitrogen and oxygen atoms in total. The van der Waals surface area contributed by atoms with Crippen molar-refractivity contribution in [3.8, 4) is 0 Å². The number of rotatable bonds is 5. The Labute approximate surface area is 177 Å². The maximum Gasteiger partial charge on any atom is 0.255 e. The first kappa shape index (κ1) is 20.3. The first-order valence-electron chi connectivity index (χ1n) is 9.11. The average molecular weight is 491 g/mol. The number of hydrogen-bond donors (Lipinski definition) is 2. The molecule has 3 amide bonds. The second kappa shape index (κ2) is 8.72. The Balaban J connectivity index is 1.58. The highest BCUT2D eigenvalue weighted by atomic mass is 127.